The van der Waals surface area contributed by atoms with E-state index in [1.165, 1.54) is 12.7 Å². The van der Waals surface area contributed by atoms with Crippen molar-refractivity contribution in [2.75, 3.05) is 20.2 Å². The van der Waals surface area contributed by atoms with Gasteiger partial charge in [0.15, 0.2) is 0 Å². The van der Waals surface area contributed by atoms with Crippen molar-refractivity contribution >= 4 is 12.1 Å². The van der Waals surface area contributed by atoms with Crippen LogP contribution in [0.25, 0.3) is 0 Å². The molecule has 1 aromatic carbocycles. The van der Waals surface area contributed by atoms with Crippen molar-refractivity contribution in [3.63, 3.8) is 0 Å². The Hall–Kier alpha value is -2.08. The molecule has 0 spiro atoms. The number of nitrogens with zero attached hydrogens (tertiary/aromatic N) is 1. The van der Waals surface area contributed by atoms with Crippen LogP contribution in [0.2, 0.25) is 0 Å². The molecule has 0 aromatic heterocycles. The maximum atomic E-state index is 12.2. The van der Waals surface area contributed by atoms with Crippen LogP contribution in [0, 0.1) is 5.92 Å². The minimum Gasteiger partial charge on any atom is -0.469 e. The molecule has 2 unspecified atom stereocenters. The Bertz CT molecular complexity index is 583. The van der Waals surface area contributed by atoms with Crippen molar-refractivity contribution < 1.29 is 19.1 Å². The third-order valence-electron chi connectivity index (χ3n) is 4.15. The molecule has 0 saturated carbocycles. The normalized spacial score (nSPS) is 21.4. The fraction of sp³-hybridized carbons (Fsp3) is 0.579. The van der Waals surface area contributed by atoms with Gasteiger partial charge in [0.05, 0.1) is 13.0 Å². The summed E-state index contributed by atoms with van der Waals surface area (Å²) >= 11 is 0. The minimum atomic E-state index is -0.571. The molecule has 6 nitrogen and oxygen atoms in total. The first-order valence-corrected chi connectivity index (χ1v) is 8.62. The van der Waals surface area contributed by atoms with E-state index < -0.39 is 17.6 Å². The fourth-order valence-corrected chi connectivity index (χ4v) is 3.03. The Balaban J connectivity index is 2.00. The molecule has 1 aliphatic heterocycles. The van der Waals surface area contributed by atoms with Gasteiger partial charge < -0.3 is 14.8 Å². The van der Waals surface area contributed by atoms with E-state index in [-0.39, 0.29) is 12.0 Å². The van der Waals surface area contributed by atoms with Crippen molar-refractivity contribution in [2.24, 2.45) is 5.92 Å². The highest BCUT2D eigenvalue weighted by molar-refractivity contribution is 5.75. The van der Waals surface area contributed by atoms with Crippen molar-refractivity contribution in [3.8, 4) is 0 Å². The molecule has 1 aliphatic rings. The number of ether oxygens (including phenoxy) is 2. The molecule has 0 radical (unpaired) electrons. The molecule has 2 atom stereocenters. The lowest BCUT2D eigenvalue weighted by Gasteiger charge is -2.37. The van der Waals surface area contributed by atoms with Crippen LogP contribution >= 0.6 is 0 Å². The first-order valence-electron chi connectivity index (χ1n) is 8.62. The summed E-state index contributed by atoms with van der Waals surface area (Å²) in [6.07, 6.45) is 0.175. The van der Waals surface area contributed by atoms with Crippen molar-refractivity contribution in [2.45, 2.75) is 45.4 Å². The van der Waals surface area contributed by atoms with Gasteiger partial charge in [0, 0.05) is 25.7 Å². The van der Waals surface area contributed by atoms with E-state index in [1.54, 1.807) is 0 Å². The maximum Gasteiger partial charge on any atom is 0.407 e. The van der Waals surface area contributed by atoms with Crippen LogP contribution in [-0.4, -0.2) is 48.8 Å². The molecule has 6 heteroatoms. The standard InChI is InChI=1S/C19H28N2O4/c1-19(2,3)25-18(23)20-16-10-11-21(13-15(16)17(22)24-4)12-14-8-6-5-7-9-14/h5-9,15-16H,10-13H2,1-4H3,(H,20,23). The van der Waals surface area contributed by atoms with E-state index in [9.17, 15) is 9.59 Å². The highest BCUT2D eigenvalue weighted by atomic mass is 16.6. The number of esters is 1. The van der Waals surface area contributed by atoms with Gasteiger partial charge >= 0.3 is 12.1 Å². The van der Waals surface area contributed by atoms with Gasteiger partial charge in [-0.05, 0) is 32.8 Å². The van der Waals surface area contributed by atoms with Gasteiger partial charge in [-0.25, -0.2) is 4.79 Å². The predicted octanol–water partition coefficient (Wildman–Crippen LogP) is 2.57. The van der Waals surface area contributed by atoms with Crippen LogP contribution in [0.5, 0.6) is 0 Å². The largest absolute Gasteiger partial charge is 0.469 e. The molecule has 0 aliphatic carbocycles. The van der Waals surface area contributed by atoms with Gasteiger partial charge in [-0.1, -0.05) is 30.3 Å². The van der Waals surface area contributed by atoms with Crippen LogP contribution in [0.1, 0.15) is 32.8 Å². The lowest BCUT2D eigenvalue weighted by molar-refractivity contribution is -0.148. The number of rotatable bonds is 4. The van der Waals surface area contributed by atoms with Gasteiger partial charge in [-0.15, -0.1) is 0 Å². The molecule has 1 aromatic rings. The van der Waals surface area contributed by atoms with Crippen LogP contribution in [0.4, 0.5) is 4.79 Å². The second kappa shape index (κ2) is 8.34. The second-order valence-corrected chi connectivity index (χ2v) is 7.39. The molecule has 1 saturated heterocycles. The van der Waals surface area contributed by atoms with Gasteiger partial charge in [-0.3, -0.25) is 9.69 Å². The number of carbonyl (C=O) groups excluding carboxylic acids is 2. The molecular weight excluding hydrogens is 320 g/mol. The third kappa shape index (κ3) is 6.05. The minimum absolute atomic E-state index is 0.283. The number of hydrogen-bond acceptors (Lipinski definition) is 5. The number of piperidine rings is 1. The summed E-state index contributed by atoms with van der Waals surface area (Å²) in [7, 11) is 1.38. The molecule has 2 rings (SSSR count). The van der Waals surface area contributed by atoms with E-state index in [2.05, 4.69) is 22.3 Å². The van der Waals surface area contributed by atoms with Crippen LogP contribution in [0.15, 0.2) is 30.3 Å². The summed E-state index contributed by atoms with van der Waals surface area (Å²) < 4.78 is 10.3. The van der Waals surface area contributed by atoms with E-state index >= 15 is 0 Å². The highest BCUT2D eigenvalue weighted by Gasteiger charge is 2.36. The number of nitrogens with one attached hydrogen (secondary N) is 1. The average Bonchev–Trinajstić information content (AvgIpc) is 2.54. The van der Waals surface area contributed by atoms with Crippen LogP contribution in [0.3, 0.4) is 0 Å². The SMILES string of the molecule is COC(=O)C1CN(Cc2ccccc2)CCC1NC(=O)OC(C)(C)C. The Labute approximate surface area is 149 Å². The molecule has 1 N–H and O–H groups in total. The number of likely N-dealkylation sites (tertiary alicyclic amines) is 1. The monoisotopic (exact) mass is 348 g/mol. The second-order valence-electron chi connectivity index (χ2n) is 7.39. The van der Waals surface area contributed by atoms with Crippen LogP contribution in [-0.2, 0) is 20.8 Å². The number of carbonyl (C=O) groups is 2. The average molecular weight is 348 g/mol. The Morgan fingerprint density at radius 2 is 1.92 bits per heavy atom. The topological polar surface area (TPSA) is 67.9 Å². The predicted molar refractivity (Wildman–Crippen MR) is 95.0 cm³/mol. The lowest BCUT2D eigenvalue weighted by atomic mass is 9.92. The zero-order valence-corrected chi connectivity index (χ0v) is 15.5. The van der Waals surface area contributed by atoms with Gasteiger partial charge in [0.25, 0.3) is 0 Å². The first kappa shape index (κ1) is 19.2. The summed E-state index contributed by atoms with van der Waals surface area (Å²) in [6, 6.07) is 9.84. The van der Waals surface area contributed by atoms with E-state index in [0.29, 0.717) is 13.0 Å². The Kier molecular flexibility index (Phi) is 6.42. The molecule has 1 fully saturated rings. The molecular formula is C19H28N2O4. The summed E-state index contributed by atoms with van der Waals surface area (Å²) in [6.45, 7) is 7.55. The molecule has 1 heterocycles. The number of amides is 1. The van der Waals surface area contributed by atoms with Gasteiger partial charge in [0.2, 0.25) is 0 Å². The third-order valence-corrected chi connectivity index (χ3v) is 4.15. The Morgan fingerprint density at radius 3 is 2.52 bits per heavy atom. The molecule has 1 amide bonds. The molecule has 25 heavy (non-hydrogen) atoms. The maximum absolute atomic E-state index is 12.2. The molecule has 138 valence electrons. The number of alkyl carbamates (subject to hydrolysis) is 1. The number of benzene rings is 1. The quantitative estimate of drug-likeness (QED) is 0.847. The van der Waals surface area contributed by atoms with E-state index in [4.69, 9.17) is 9.47 Å². The summed E-state index contributed by atoms with van der Waals surface area (Å²) in [4.78, 5) is 26.5. The van der Waals surface area contributed by atoms with Gasteiger partial charge in [-0.2, -0.15) is 0 Å². The Morgan fingerprint density at radius 1 is 1.24 bits per heavy atom. The van der Waals surface area contributed by atoms with E-state index in [0.717, 1.165) is 13.1 Å². The zero-order valence-electron chi connectivity index (χ0n) is 15.5. The van der Waals surface area contributed by atoms with Crippen molar-refractivity contribution in [1.29, 1.82) is 0 Å². The molecule has 0 bridgehead atoms. The smallest absolute Gasteiger partial charge is 0.407 e. The van der Waals surface area contributed by atoms with Crippen molar-refractivity contribution in [1.82, 2.24) is 10.2 Å². The highest BCUT2D eigenvalue weighted by Crippen LogP contribution is 2.21. The van der Waals surface area contributed by atoms with Crippen LogP contribution < -0.4 is 5.32 Å². The summed E-state index contributed by atoms with van der Waals surface area (Å²) in [5, 5.41) is 2.84. The van der Waals surface area contributed by atoms with Crippen molar-refractivity contribution in [3.05, 3.63) is 35.9 Å². The van der Waals surface area contributed by atoms with E-state index in [1.807, 2.05) is 39.0 Å². The van der Waals surface area contributed by atoms with Gasteiger partial charge in [0.1, 0.15) is 5.60 Å². The zero-order chi connectivity index (χ0) is 18.4. The fourth-order valence-electron chi connectivity index (χ4n) is 3.03. The first-order chi connectivity index (χ1) is 11.8. The lowest BCUT2D eigenvalue weighted by Crippen LogP contribution is -2.54. The summed E-state index contributed by atoms with van der Waals surface area (Å²) in [5.74, 6) is -0.714. The summed E-state index contributed by atoms with van der Waals surface area (Å²) in [5.41, 5.74) is 0.628. The number of methoxy groups -OCH3 is 1. The number of hydrogen-bond donors (Lipinski definition) is 1.